The lowest BCUT2D eigenvalue weighted by Gasteiger charge is -2.32. The number of hydrogen-bond donors (Lipinski definition) is 3. The molecule has 0 saturated carbocycles. The van der Waals surface area contributed by atoms with Crippen LogP contribution in [-0.4, -0.2) is 10.8 Å². The zero-order valence-electron chi connectivity index (χ0n) is 36.2. The summed E-state index contributed by atoms with van der Waals surface area (Å²) in [4.78, 5) is 10.6. The highest BCUT2D eigenvalue weighted by Gasteiger charge is 2.26. The minimum atomic E-state index is -0.250. The Morgan fingerprint density at radius 1 is 0.424 bits per heavy atom. The highest BCUT2D eigenvalue weighted by molar-refractivity contribution is 6.07. The summed E-state index contributed by atoms with van der Waals surface area (Å²) in [6.07, 6.45) is 3.88. The second-order valence-corrected chi connectivity index (χ2v) is 17.0. The third-order valence-electron chi connectivity index (χ3n) is 13.0. The number of aliphatic imine (C=N–C) groups is 1. The Hall–Kier alpha value is -8.38. The first-order valence-electron chi connectivity index (χ1n) is 22.7. The van der Waals surface area contributed by atoms with Crippen molar-refractivity contribution in [2.45, 2.75) is 18.9 Å². The van der Waals surface area contributed by atoms with Gasteiger partial charge < -0.3 is 10.6 Å². The van der Waals surface area contributed by atoms with Gasteiger partial charge in [0, 0.05) is 28.6 Å². The molecule has 5 heteroatoms. The maximum absolute atomic E-state index is 5.35. The molecule has 0 amide bonds. The quantitative estimate of drug-likeness (QED) is 0.143. The number of aromatic nitrogens is 1. The number of rotatable bonds is 8. The molecule has 5 nitrogen and oxygen atoms in total. The number of nitrogens with zero attached hydrogens (tertiary/aromatic N) is 2. The fraction of sp³-hybridized carbons (Fsp3) is 0.0492. The topological polar surface area (TPSA) is 61.3 Å². The number of benzene rings is 9. The highest BCUT2D eigenvalue weighted by Crippen LogP contribution is 2.43. The predicted octanol–water partition coefficient (Wildman–Crippen LogP) is 14.1. The molecular weight excluding hydrogens is 803 g/mol. The Kier molecular flexibility index (Phi) is 10.1. The van der Waals surface area contributed by atoms with E-state index >= 15 is 0 Å². The summed E-state index contributed by atoms with van der Waals surface area (Å²) in [5.41, 5.74) is 18.2. The van der Waals surface area contributed by atoms with Crippen molar-refractivity contribution in [3.63, 3.8) is 0 Å². The smallest absolute Gasteiger partial charge is 0.131 e. The van der Waals surface area contributed by atoms with Crippen molar-refractivity contribution in [3.05, 3.63) is 252 Å². The van der Waals surface area contributed by atoms with Crippen LogP contribution in [0.25, 0.3) is 83.5 Å². The van der Waals surface area contributed by atoms with E-state index in [9.17, 15) is 0 Å². The first kappa shape index (κ1) is 39.2. The van der Waals surface area contributed by atoms with Gasteiger partial charge in [-0.1, -0.05) is 194 Å². The van der Waals surface area contributed by atoms with Gasteiger partial charge in [0.05, 0.1) is 11.2 Å². The van der Waals surface area contributed by atoms with Crippen molar-refractivity contribution in [3.8, 4) is 55.8 Å². The number of amidine groups is 1. The van der Waals surface area contributed by atoms with Gasteiger partial charge in [0.25, 0.3) is 0 Å². The van der Waals surface area contributed by atoms with Crippen LogP contribution in [0, 0.1) is 0 Å². The summed E-state index contributed by atoms with van der Waals surface area (Å²) in [5, 5.41) is 14.4. The van der Waals surface area contributed by atoms with E-state index in [1.54, 1.807) is 0 Å². The summed E-state index contributed by atoms with van der Waals surface area (Å²) in [7, 11) is 0. The minimum absolute atomic E-state index is 0.107. The molecule has 2 aliphatic rings. The molecule has 3 heterocycles. The average molecular weight is 848 g/mol. The third kappa shape index (κ3) is 7.31. The molecule has 3 N–H and O–H groups in total. The Morgan fingerprint density at radius 2 is 1.00 bits per heavy atom. The lowest BCUT2D eigenvalue weighted by atomic mass is 9.87. The SMILES string of the molecule is C1=Cc2c(c(-c3ccc(-c4cc(-c5ccc(C6N=C(c7ccccc7)NC(c7ccccc7)N6)cc5)cc(-c5ccccc5-c5ccccc5)c4)c4ccccc34)nc3ccccc23)CN1. The first-order chi connectivity index (χ1) is 32.7. The van der Waals surface area contributed by atoms with Crippen molar-refractivity contribution in [1.82, 2.24) is 20.9 Å². The van der Waals surface area contributed by atoms with Crippen molar-refractivity contribution in [2.24, 2.45) is 4.99 Å². The molecule has 0 bridgehead atoms. The average Bonchev–Trinajstić information content (AvgIpc) is 3.41. The number of fused-ring (bicyclic) bond motifs is 4. The Labute approximate surface area is 384 Å². The Morgan fingerprint density at radius 3 is 1.74 bits per heavy atom. The van der Waals surface area contributed by atoms with Crippen molar-refractivity contribution in [1.29, 1.82) is 0 Å². The van der Waals surface area contributed by atoms with Crippen molar-refractivity contribution < 1.29 is 0 Å². The second-order valence-electron chi connectivity index (χ2n) is 17.0. The fourth-order valence-corrected chi connectivity index (χ4v) is 9.79. The van der Waals surface area contributed by atoms with Crippen LogP contribution in [0.1, 0.15) is 40.1 Å². The first-order valence-corrected chi connectivity index (χ1v) is 22.7. The van der Waals surface area contributed by atoms with Crippen molar-refractivity contribution in [2.75, 3.05) is 0 Å². The normalized spacial score (nSPS) is 15.4. The fourth-order valence-electron chi connectivity index (χ4n) is 9.79. The summed E-state index contributed by atoms with van der Waals surface area (Å²) in [5.74, 6) is 0.870. The summed E-state index contributed by atoms with van der Waals surface area (Å²) in [6, 6.07) is 78.3. The van der Waals surface area contributed by atoms with Gasteiger partial charge in [-0.25, -0.2) is 9.98 Å². The van der Waals surface area contributed by atoms with Gasteiger partial charge in [0.1, 0.15) is 18.2 Å². The predicted molar refractivity (Wildman–Crippen MR) is 273 cm³/mol. The van der Waals surface area contributed by atoms with Gasteiger partial charge in [0.2, 0.25) is 0 Å². The largest absolute Gasteiger partial charge is 0.387 e. The summed E-state index contributed by atoms with van der Waals surface area (Å²) < 4.78 is 0. The molecule has 0 fully saturated rings. The van der Waals surface area contributed by atoms with Crippen LogP contribution in [-0.2, 0) is 6.54 Å². The van der Waals surface area contributed by atoms with Crippen LogP contribution in [0.5, 0.6) is 0 Å². The van der Waals surface area contributed by atoms with Crippen molar-refractivity contribution >= 4 is 33.6 Å². The molecule has 2 atom stereocenters. The zero-order valence-corrected chi connectivity index (χ0v) is 36.2. The number of pyridine rings is 1. The van der Waals surface area contributed by atoms with Crippen LogP contribution < -0.4 is 16.0 Å². The highest BCUT2D eigenvalue weighted by atomic mass is 15.3. The molecule has 314 valence electrons. The van der Waals surface area contributed by atoms with Crippen LogP contribution in [0.2, 0.25) is 0 Å². The molecule has 2 unspecified atom stereocenters. The van der Waals surface area contributed by atoms with E-state index in [0.29, 0.717) is 0 Å². The maximum atomic E-state index is 5.35. The van der Waals surface area contributed by atoms with Gasteiger partial charge in [-0.2, -0.15) is 0 Å². The van der Waals surface area contributed by atoms with Gasteiger partial charge in [0.15, 0.2) is 0 Å². The minimum Gasteiger partial charge on any atom is -0.387 e. The standard InChI is InChI=1S/C61H45N5/c1-4-16-41(17-5-1)48-22-10-11-23-49(48)46-36-45(40-28-30-44(31-29-40)61-65-59(42-18-6-2-7-19-42)64-60(66-61)43-20-8-3-9-21-43)37-47(38-46)50-32-33-55(52-25-13-12-24-51(50)52)58-56-39-62-35-34-53(56)54-26-14-15-27-57(54)63-58/h1-38,59,61-62,65H,39H2,(H,64,66). The lowest BCUT2D eigenvalue weighted by molar-refractivity contribution is 0.409. The van der Waals surface area contributed by atoms with E-state index in [1.165, 1.54) is 49.5 Å². The molecule has 66 heavy (non-hydrogen) atoms. The third-order valence-corrected chi connectivity index (χ3v) is 13.0. The molecule has 0 saturated heterocycles. The van der Waals surface area contributed by atoms with E-state index in [2.05, 4.69) is 241 Å². The number of para-hydroxylation sites is 1. The monoisotopic (exact) mass is 847 g/mol. The van der Waals surface area contributed by atoms with E-state index in [1.807, 2.05) is 6.07 Å². The summed E-state index contributed by atoms with van der Waals surface area (Å²) >= 11 is 0. The number of hydrogen-bond acceptors (Lipinski definition) is 5. The molecule has 9 aromatic carbocycles. The molecule has 0 aliphatic carbocycles. The van der Waals surface area contributed by atoms with E-state index in [-0.39, 0.29) is 12.3 Å². The van der Waals surface area contributed by atoms with E-state index in [4.69, 9.17) is 9.98 Å². The van der Waals surface area contributed by atoms with Gasteiger partial charge >= 0.3 is 0 Å². The van der Waals surface area contributed by atoms with E-state index < -0.39 is 0 Å². The maximum Gasteiger partial charge on any atom is 0.131 e. The lowest BCUT2D eigenvalue weighted by Crippen LogP contribution is -2.44. The van der Waals surface area contributed by atoms with Gasteiger partial charge in [-0.15, -0.1) is 0 Å². The van der Waals surface area contributed by atoms with Crippen LogP contribution >= 0.6 is 0 Å². The van der Waals surface area contributed by atoms with E-state index in [0.717, 1.165) is 68.1 Å². The molecule has 2 aliphatic heterocycles. The molecule has 1 aromatic heterocycles. The second kappa shape index (κ2) is 17.0. The Bertz CT molecular complexity index is 3470. The molecule has 10 aromatic rings. The van der Waals surface area contributed by atoms with Crippen LogP contribution in [0.4, 0.5) is 0 Å². The number of nitrogens with one attached hydrogen (secondary N) is 3. The van der Waals surface area contributed by atoms with Gasteiger partial charge in [-0.05, 0) is 109 Å². The summed E-state index contributed by atoms with van der Waals surface area (Å²) in [6.45, 7) is 0.724. The van der Waals surface area contributed by atoms with Crippen LogP contribution in [0.15, 0.2) is 230 Å². The molecule has 0 spiro atoms. The van der Waals surface area contributed by atoms with Gasteiger partial charge in [-0.3, -0.25) is 5.32 Å². The molecule has 12 rings (SSSR count). The molecular formula is C61H45N5. The van der Waals surface area contributed by atoms with Crippen LogP contribution in [0.3, 0.4) is 0 Å². The zero-order chi connectivity index (χ0) is 43.8. The molecule has 0 radical (unpaired) electrons. The Balaban J connectivity index is 0.993.